The summed E-state index contributed by atoms with van der Waals surface area (Å²) in [7, 11) is 1.21. The van der Waals surface area contributed by atoms with E-state index in [0.29, 0.717) is 35.4 Å². The van der Waals surface area contributed by atoms with Crippen molar-refractivity contribution < 1.29 is 27.6 Å². The van der Waals surface area contributed by atoms with Crippen molar-refractivity contribution in [1.29, 1.82) is 0 Å². The highest BCUT2D eigenvalue weighted by Gasteiger charge is 2.46. The topological polar surface area (TPSA) is 137 Å². The van der Waals surface area contributed by atoms with Gasteiger partial charge in [0.2, 0.25) is 0 Å². The van der Waals surface area contributed by atoms with Crippen molar-refractivity contribution >= 4 is 24.2 Å². The van der Waals surface area contributed by atoms with Crippen LogP contribution >= 0.6 is 0 Å². The van der Waals surface area contributed by atoms with Crippen molar-refractivity contribution in [2.24, 2.45) is 23.7 Å². The molecule has 13 heteroatoms. The molecule has 0 aliphatic heterocycles. The quantitative estimate of drug-likeness (QED) is 0.324. The third-order valence-corrected chi connectivity index (χ3v) is 7.13. The van der Waals surface area contributed by atoms with Crippen molar-refractivity contribution in [3.63, 3.8) is 0 Å². The molecule has 216 valence electrons. The maximum Gasteiger partial charge on any atom is 0.403 e. The van der Waals surface area contributed by atoms with E-state index < -0.39 is 18.1 Å². The Balaban J connectivity index is 0.000000219. The molecular weight excluding hydrogens is 515 g/mol. The summed E-state index contributed by atoms with van der Waals surface area (Å²) in [5.74, 6) is 0.626. The van der Waals surface area contributed by atoms with Crippen molar-refractivity contribution in [1.82, 2.24) is 30.2 Å². The number of carbonyl (C=O) groups is 3. The first-order chi connectivity index (χ1) is 18.5. The lowest BCUT2D eigenvalue weighted by atomic mass is 9.90. The van der Waals surface area contributed by atoms with E-state index in [9.17, 15) is 27.6 Å². The number of hydrogen-bond donors (Lipinski definition) is 3. The predicted molar refractivity (Wildman–Crippen MR) is 139 cm³/mol. The van der Waals surface area contributed by atoms with Gasteiger partial charge in [-0.15, -0.1) is 0 Å². The van der Waals surface area contributed by atoms with Crippen LogP contribution in [-0.4, -0.2) is 63.3 Å². The van der Waals surface area contributed by atoms with Gasteiger partial charge in [-0.1, -0.05) is 0 Å². The molecule has 0 bridgehead atoms. The zero-order chi connectivity index (χ0) is 28.7. The summed E-state index contributed by atoms with van der Waals surface area (Å²) >= 11 is 0. The molecule has 2 saturated carbocycles. The number of alkyl halides is 3. The molecule has 3 unspecified atom stereocenters. The van der Waals surface area contributed by atoms with Crippen LogP contribution in [0, 0.1) is 23.7 Å². The fraction of sp³-hybridized carbons (Fsp3) is 0.654. The summed E-state index contributed by atoms with van der Waals surface area (Å²) in [5.41, 5.74) is 6.36. The van der Waals surface area contributed by atoms with Gasteiger partial charge in [-0.05, 0) is 76.8 Å². The molecule has 3 atom stereocenters. The number of rotatable bonds is 13. The van der Waals surface area contributed by atoms with Crippen LogP contribution in [0.3, 0.4) is 0 Å². The van der Waals surface area contributed by atoms with Crippen LogP contribution in [0.1, 0.15) is 62.5 Å². The molecule has 2 aromatic rings. The monoisotopic (exact) mass is 553 g/mol. The van der Waals surface area contributed by atoms with Gasteiger partial charge in [0.05, 0.1) is 24.5 Å². The Bertz CT molecular complexity index is 1080. The average molecular weight is 554 g/mol. The smallest absolute Gasteiger partial charge is 0.396 e. The predicted octanol–water partition coefficient (Wildman–Crippen LogP) is 3.02. The fourth-order valence-electron chi connectivity index (χ4n) is 4.90. The number of nitrogen functional groups attached to an aromatic ring is 1. The first kappa shape index (κ1) is 30.3. The summed E-state index contributed by atoms with van der Waals surface area (Å²) in [6.07, 6.45) is 6.00. The summed E-state index contributed by atoms with van der Waals surface area (Å²) in [6, 6.07) is -0.229. The first-order valence-electron chi connectivity index (χ1n) is 13.2. The Labute approximate surface area is 225 Å². The van der Waals surface area contributed by atoms with Gasteiger partial charge >= 0.3 is 6.18 Å². The SMILES string of the molecule is CC(C)n1nccc1C(=O)NC(C=O)C(C1CC1)C1CC1.CNC(CC(C=O)Cn1cc(N)cn1)C(F)(F)F. The molecule has 0 aromatic carbocycles. The zero-order valence-electron chi connectivity index (χ0n) is 22.5. The van der Waals surface area contributed by atoms with E-state index in [1.54, 1.807) is 16.9 Å². The molecule has 2 aliphatic rings. The van der Waals surface area contributed by atoms with Crippen LogP contribution in [0.15, 0.2) is 24.7 Å². The second kappa shape index (κ2) is 13.2. The van der Waals surface area contributed by atoms with Crippen molar-refractivity contribution in [3.8, 4) is 0 Å². The van der Waals surface area contributed by atoms with E-state index in [0.717, 1.165) is 6.29 Å². The lowest BCUT2D eigenvalue weighted by Gasteiger charge is -2.24. The van der Waals surface area contributed by atoms with Crippen molar-refractivity contribution in [2.75, 3.05) is 12.8 Å². The molecule has 4 N–H and O–H groups in total. The largest absolute Gasteiger partial charge is 0.403 e. The first-order valence-corrected chi connectivity index (χ1v) is 13.2. The molecule has 0 saturated heterocycles. The van der Waals surface area contributed by atoms with Crippen LogP contribution in [0.2, 0.25) is 0 Å². The molecule has 2 fully saturated rings. The molecule has 2 aliphatic carbocycles. The molecule has 4 rings (SSSR count). The normalized spacial score (nSPS) is 17.7. The number of aldehydes is 2. The maximum atomic E-state index is 12.5. The Morgan fingerprint density at radius 3 is 2.23 bits per heavy atom. The molecule has 39 heavy (non-hydrogen) atoms. The van der Waals surface area contributed by atoms with Crippen molar-refractivity contribution in [2.45, 2.75) is 76.8 Å². The highest BCUT2D eigenvalue weighted by atomic mass is 19.4. The summed E-state index contributed by atoms with van der Waals surface area (Å²) in [4.78, 5) is 34.8. The Morgan fingerprint density at radius 2 is 1.79 bits per heavy atom. The summed E-state index contributed by atoms with van der Waals surface area (Å²) in [5, 5.41) is 13.1. The van der Waals surface area contributed by atoms with E-state index in [2.05, 4.69) is 20.8 Å². The molecule has 0 radical (unpaired) electrons. The van der Waals surface area contributed by atoms with Crippen LogP contribution in [-0.2, 0) is 16.1 Å². The zero-order valence-corrected chi connectivity index (χ0v) is 22.5. The van der Waals surface area contributed by atoms with Gasteiger partial charge in [0, 0.05) is 24.4 Å². The van der Waals surface area contributed by atoms with Gasteiger partial charge in [0.25, 0.3) is 5.91 Å². The summed E-state index contributed by atoms with van der Waals surface area (Å²) < 4.78 is 40.7. The van der Waals surface area contributed by atoms with Crippen LogP contribution in [0.25, 0.3) is 0 Å². The number of amides is 1. The van der Waals surface area contributed by atoms with Gasteiger partial charge in [-0.3, -0.25) is 14.2 Å². The number of anilines is 1. The third-order valence-electron chi connectivity index (χ3n) is 7.13. The van der Waals surface area contributed by atoms with E-state index in [1.165, 1.54) is 49.8 Å². The fourth-order valence-corrected chi connectivity index (χ4v) is 4.90. The number of halogens is 3. The number of nitrogens with zero attached hydrogens (tertiary/aromatic N) is 4. The second-order valence-electron chi connectivity index (χ2n) is 10.7. The molecule has 2 heterocycles. The van der Waals surface area contributed by atoms with Gasteiger partial charge in [0.15, 0.2) is 0 Å². The number of hydrogen-bond acceptors (Lipinski definition) is 7. The highest BCUT2D eigenvalue weighted by molar-refractivity contribution is 5.94. The lowest BCUT2D eigenvalue weighted by Crippen LogP contribution is -2.44. The minimum Gasteiger partial charge on any atom is -0.396 e. The van der Waals surface area contributed by atoms with Gasteiger partial charge in [0.1, 0.15) is 24.3 Å². The van der Waals surface area contributed by atoms with Gasteiger partial charge < -0.3 is 26.0 Å². The van der Waals surface area contributed by atoms with E-state index in [1.807, 2.05) is 13.8 Å². The number of carbonyl (C=O) groups excluding carboxylic acids is 3. The number of nitrogens with one attached hydrogen (secondary N) is 2. The minimum absolute atomic E-state index is 0.0783. The number of aromatic nitrogens is 4. The lowest BCUT2D eigenvalue weighted by molar-refractivity contribution is -0.158. The van der Waals surface area contributed by atoms with Gasteiger partial charge in [-0.2, -0.15) is 23.4 Å². The van der Waals surface area contributed by atoms with Crippen LogP contribution in [0.4, 0.5) is 18.9 Å². The van der Waals surface area contributed by atoms with E-state index >= 15 is 0 Å². The second-order valence-corrected chi connectivity index (χ2v) is 10.7. The Hall–Kier alpha value is -3.22. The number of nitrogens with two attached hydrogens (primary N) is 1. The Kier molecular flexibility index (Phi) is 10.3. The van der Waals surface area contributed by atoms with Gasteiger partial charge in [-0.25, -0.2) is 0 Å². The van der Waals surface area contributed by atoms with Crippen molar-refractivity contribution in [3.05, 3.63) is 30.4 Å². The molecule has 10 nitrogen and oxygen atoms in total. The molecule has 0 spiro atoms. The minimum atomic E-state index is -4.38. The van der Waals surface area contributed by atoms with E-state index in [4.69, 9.17) is 5.73 Å². The third kappa shape index (κ3) is 8.64. The maximum absolute atomic E-state index is 12.5. The highest BCUT2D eigenvalue weighted by Crippen LogP contribution is 2.50. The molecular formula is C26H38F3N7O3. The average Bonchev–Trinajstić information content (AvgIpc) is 3.81. The molecule has 2 aromatic heterocycles. The van der Waals surface area contributed by atoms with Crippen LogP contribution in [0.5, 0.6) is 0 Å². The Morgan fingerprint density at radius 1 is 1.15 bits per heavy atom. The summed E-state index contributed by atoms with van der Waals surface area (Å²) in [6.45, 7) is 4.05. The van der Waals surface area contributed by atoms with E-state index in [-0.39, 0.29) is 31.0 Å². The molecule has 1 amide bonds. The standard InChI is InChI=1S/C16H23N3O2.C10H15F3N4O/c1-10(2)19-14(7-8-17-19)16(21)18-13(9-20)15(11-3-4-11)12-5-6-12;1-15-9(10(11,12)13)2-7(6-18)4-17-5-8(14)3-16-17/h7-13,15H,3-6H2,1-2H3,(H,18,21);3,5-7,9,15H,2,4,14H2,1H3. The van der Waals surface area contributed by atoms with Crippen LogP contribution < -0.4 is 16.4 Å².